The number of hydrogen-bond donors (Lipinski definition) is 1. The van der Waals surface area contributed by atoms with Gasteiger partial charge in [-0.2, -0.15) is 0 Å². The van der Waals surface area contributed by atoms with E-state index < -0.39 is 11.7 Å². The minimum absolute atomic E-state index is 0.0508. The van der Waals surface area contributed by atoms with Gasteiger partial charge in [-0.3, -0.25) is 9.59 Å². The van der Waals surface area contributed by atoms with Gasteiger partial charge < -0.3 is 10.1 Å². The molecular weight excluding hydrogens is 366 g/mol. The lowest BCUT2D eigenvalue weighted by Crippen LogP contribution is -2.31. The second-order valence-electron chi connectivity index (χ2n) is 6.62. The number of rotatable bonds is 9. The van der Waals surface area contributed by atoms with Gasteiger partial charge in [0.25, 0.3) is 5.91 Å². The summed E-state index contributed by atoms with van der Waals surface area (Å²) in [7, 11) is 1.58. The van der Waals surface area contributed by atoms with Crippen LogP contribution in [0.3, 0.4) is 0 Å². The Kier molecular flexibility index (Phi) is 7.05. The lowest BCUT2D eigenvalue weighted by molar-refractivity contribution is -0.137. The van der Waals surface area contributed by atoms with Gasteiger partial charge in [0.15, 0.2) is 0 Å². The first-order valence-electron chi connectivity index (χ1n) is 9.41. The fourth-order valence-corrected chi connectivity index (χ4v) is 2.90. The molecule has 1 amide bonds. The minimum atomic E-state index is -0.628. The SMILES string of the molecule is COc1cccc(CNC(=O)C(=O)Cc2cc(CCc3ccccc3)ncn2)c1. The summed E-state index contributed by atoms with van der Waals surface area (Å²) in [4.78, 5) is 32.8. The summed E-state index contributed by atoms with van der Waals surface area (Å²) in [6.45, 7) is 0.258. The van der Waals surface area contributed by atoms with Crippen LogP contribution < -0.4 is 10.1 Å². The molecule has 0 fully saturated rings. The normalized spacial score (nSPS) is 10.4. The van der Waals surface area contributed by atoms with E-state index in [0.29, 0.717) is 11.4 Å². The second kappa shape index (κ2) is 10.1. The largest absolute Gasteiger partial charge is 0.497 e. The number of aromatic nitrogens is 2. The van der Waals surface area contributed by atoms with Gasteiger partial charge in [0.2, 0.25) is 5.78 Å². The molecule has 0 saturated heterocycles. The predicted octanol–water partition coefficient (Wildman–Crippen LogP) is 2.70. The number of nitrogens with zero attached hydrogens (tertiary/aromatic N) is 2. The highest BCUT2D eigenvalue weighted by atomic mass is 16.5. The Hall–Kier alpha value is -3.54. The third-order valence-corrected chi connectivity index (χ3v) is 4.48. The van der Waals surface area contributed by atoms with Gasteiger partial charge in [-0.05, 0) is 42.2 Å². The monoisotopic (exact) mass is 389 g/mol. The third-order valence-electron chi connectivity index (χ3n) is 4.48. The smallest absolute Gasteiger partial charge is 0.288 e. The minimum Gasteiger partial charge on any atom is -0.497 e. The molecule has 6 nitrogen and oxygen atoms in total. The summed E-state index contributed by atoms with van der Waals surface area (Å²) in [6.07, 6.45) is 2.99. The highest BCUT2D eigenvalue weighted by Crippen LogP contribution is 2.12. The molecule has 0 radical (unpaired) electrons. The van der Waals surface area contributed by atoms with Crippen molar-refractivity contribution in [2.45, 2.75) is 25.8 Å². The van der Waals surface area contributed by atoms with Gasteiger partial charge in [-0.1, -0.05) is 42.5 Å². The van der Waals surface area contributed by atoms with Crippen molar-refractivity contribution in [3.63, 3.8) is 0 Å². The number of ether oxygens (including phenoxy) is 1. The van der Waals surface area contributed by atoms with E-state index >= 15 is 0 Å². The number of Topliss-reactive ketones (excluding diaryl/α,β-unsaturated/α-hetero) is 1. The number of methoxy groups -OCH3 is 1. The summed E-state index contributed by atoms with van der Waals surface area (Å²) in [5.74, 6) is -0.454. The average Bonchev–Trinajstić information content (AvgIpc) is 2.77. The molecule has 1 N–H and O–H groups in total. The number of aryl methyl sites for hydroxylation is 2. The number of benzene rings is 2. The van der Waals surface area contributed by atoms with E-state index in [-0.39, 0.29) is 13.0 Å². The predicted molar refractivity (Wildman–Crippen MR) is 109 cm³/mol. The zero-order chi connectivity index (χ0) is 20.5. The highest BCUT2D eigenvalue weighted by Gasteiger charge is 2.15. The molecule has 29 heavy (non-hydrogen) atoms. The summed E-state index contributed by atoms with van der Waals surface area (Å²) < 4.78 is 5.15. The molecule has 0 aliphatic heterocycles. The lowest BCUT2D eigenvalue weighted by atomic mass is 10.1. The molecule has 1 aromatic heterocycles. The average molecular weight is 389 g/mol. The second-order valence-corrected chi connectivity index (χ2v) is 6.62. The first kappa shape index (κ1) is 20.2. The van der Waals surface area contributed by atoms with Crippen molar-refractivity contribution in [2.75, 3.05) is 7.11 Å². The summed E-state index contributed by atoms with van der Waals surface area (Å²) in [5, 5.41) is 2.64. The van der Waals surface area contributed by atoms with Crippen LogP contribution in [-0.2, 0) is 35.4 Å². The maximum absolute atomic E-state index is 12.3. The summed E-state index contributed by atoms with van der Waals surface area (Å²) in [5.41, 5.74) is 3.48. The van der Waals surface area contributed by atoms with Crippen LogP contribution in [-0.4, -0.2) is 28.8 Å². The van der Waals surface area contributed by atoms with Crippen LogP contribution in [0, 0.1) is 0 Å². The number of nitrogens with one attached hydrogen (secondary N) is 1. The maximum atomic E-state index is 12.3. The number of hydrogen-bond acceptors (Lipinski definition) is 5. The van der Waals surface area contributed by atoms with Crippen LogP contribution >= 0.6 is 0 Å². The third kappa shape index (κ3) is 6.24. The number of carbonyl (C=O) groups excluding carboxylic acids is 2. The maximum Gasteiger partial charge on any atom is 0.288 e. The topological polar surface area (TPSA) is 81.2 Å². The Morgan fingerprint density at radius 3 is 2.45 bits per heavy atom. The molecule has 148 valence electrons. The number of carbonyl (C=O) groups is 2. The highest BCUT2D eigenvalue weighted by molar-refractivity contribution is 6.36. The molecule has 0 unspecified atom stereocenters. The molecule has 3 rings (SSSR count). The van der Waals surface area contributed by atoms with Crippen LogP contribution in [0.15, 0.2) is 67.0 Å². The van der Waals surface area contributed by atoms with Crippen LogP contribution in [0.25, 0.3) is 0 Å². The van der Waals surface area contributed by atoms with Gasteiger partial charge >= 0.3 is 0 Å². The van der Waals surface area contributed by atoms with E-state index in [2.05, 4.69) is 27.4 Å². The van der Waals surface area contributed by atoms with E-state index in [4.69, 9.17) is 4.74 Å². The Balaban J connectivity index is 1.52. The van der Waals surface area contributed by atoms with Crippen molar-refractivity contribution in [1.82, 2.24) is 15.3 Å². The standard InChI is InChI=1S/C23H23N3O3/c1-29-21-9-5-8-18(12-21)15-24-23(28)22(27)14-20-13-19(25-16-26-20)11-10-17-6-3-2-4-7-17/h2-9,12-13,16H,10-11,14-15H2,1H3,(H,24,28). The molecule has 0 spiro atoms. The van der Waals surface area contributed by atoms with Gasteiger partial charge in [-0.15, -0.1) is 0 Å². The summed E-state index contributed by atoms with van der Waals surface area (Å²) >= 11 is 0. The molecule has 0 saturated carbocycles. The van der Waals surface area contributed by atoms with Crippen molar-refractivity contribution in [1.29, 1.82) is 0 Å². The van der Waals surface area contributed by atoms with Crippen molar-refractivity contribution >= 4 is 11.7 Å². The van der Waals surface area contributed by atoms with Gasteiger partial charge in [0, 0.05) is 12.2 Å². The van der Waals surface area contributed by atoms with E-state index in [1.807, 2.05) is 42.5 Å². The van der Waals surface area contributed by atoms with Crippen molar-refractivity contribution in [3.05, 3.63) is 89.5 Å². The Labute approximate surface area is 170 Å². The number of ketones is 1. The van der Waals surface area contributed by atoms with Crippen LogP contribution in [0.1, 0.15) is 22.5 Å². The molecule has 0 atom stereocenters. The Morgan fingerprint density at radius 1 is 0.897 bits per heavy atom. The molecular formula is C23H23N3O3. The van der Waals surface area contributed by atoms with E-state index in [0.717, 1.165) is 24.1 Å². The molecule has 0 aliphatic rings. The van der Waals surface area contributed by atoms with Crippen LogP contribution in [0.2, 0.25) is 0 Å². The van der Waals surface area contributed by atoms with Gasteiger partial charge in [0.05, 0.1) is 19.2 Å². The summed E-state index contributed by atoms with van der Waals surface area (Å²) in [6, 6.07) is 19.2. The zero-order valence-electron chi connectivity index (χ0n) is 16.3. The Bertz CT molecular complexity index is 974. The fourth-order valence-electron chi connectivity index (χ4n) is 2.90. The number of amides is 1. The Morgan fingerprint density at radius 2 is 1.66 bits per heavy atom. The first-order valence-corrected chi connectivity index (χ1v) is 9.41. The van der Waals surface area contributed by atoms with Crippen LogP contribution in [0.5, 0.6) is 5.75 Å². The molecule has 6 heteroatoms. The van der Waals surface area contributed by atoms with Crippen molar-refractivity contribution < 1.29 is 14.3 Å². The molecule has 0 bridgehead atoms. The first-order chi connectivity index (χ1) is 14.1. The van der Waals surface area contributed by atoms with Gasteiger partial charge in [-0.25, -0.2) is 9.97 Å². The molecule has 1 heterocycles. The van der Waals surface area contributed by atoms with Crippen molar-refractivity contribution in [2.24, 2.45) is 0 Å². The lowest BCUT2D eigenvalue weighted by Gasteiger charge is -2.07. The van der Waals surface area contributed by atoms with E-state index in [1.54, 1.807) is 13.2 Å². The molecule has 3 aromatic rings. The van der Waals surface area contributed by atoms with E-state index in [9.17, 15) is 9.59 Å². The van der Waals surface area contributed by atoms with Gasteiger partial charge in [0.1, 0.15) is 12.1 Å². The zero-order valence-corrected chi connectivity index (χ0v) is 16.3. The molecule has 0 aliphatic carbocycles. The fraction of sp³-hybridized carbons (Fsp3) is 0.217. The molecule has 2 aromatic carbocycles. The quantitative estimate of drug-likeness (QED) is 0.569. The van der Waals surface area contributed by atoms with E-state index in [1.165, 1.54) is 11.9 Å². The van der Waals surface area contributed by atoms with Crippen LogP contribution in [0.4, 0.5) is 0 Å². The van der Waals surface area contributed by atoms with Crippen molar-refractivity contribution in [3.8, 4) is 5.75 Å².